The molecule has 1 aromatic rings. The molecule has 1 saturated heterocycles. The van der Waals surface area contributed by atoms with E-state index < -0.39 is 5.91 Å². The molecule has 0 bridgehead atoms. The predicted octanol–water partition coefficient (Wildman–Crippen LogP) is 1.36. The van der Waals surface area contributed by atoms with Crippen molar-refractivity contribution in [2.75, 3.05) is 18.4 Å². The van der Waals surface area contributed by atoms with Crippen molar-refractivity contribution in [3.8, 4) is 0 Å². The molecule has 20 heavy (non-hydrogen) atoms. The monoisotopic (exact) mass is 296 g/mol. The summed E-state index contributed by atoms with van der Waals surface area (Å²) in [6.07, 6.45) is 3.50. The number of carbonyl (C=O) groups is 2. The van der Waals surface area contributed by atoms with Crippen LogP contribution in [0.2, 0.25) is 0 Å². The average Bonchev–Trinajstić information content (AvgIpc) is 2.73. The van der Waals surface area contributed by atoms with Gasteiger partial charge in [-0.15, -0.1) is 0 Å². The topological polar surface area (TPSA) is 88.3 Å². The normalized spacial score (nSPS) is 19.8. The van der Waals surface area contributed by atoms with Crippen molar-refractivity contribution in [3.63, 3.8) is 0 Å². The second-order valence-electron chi connectivity index (χ2n) is 5.16. The van der Waals surface area contributed by atoms with Gasteiger partial charge in [0, 0.05) is 6.04 Å². The fourth-order valence-corrected chi connectivity index (χ4v) is 3.25. The number of primary amides is 1. The summed E-state index contributed by atoms with van der Waals surface area (Å²) in [7, 11) is 0. The number of aromatic nitrogens is 1. The molecule has 1 aliphatic rings. The standard InChI is InChI=1S/C13H20N4O2S/c1-8-5-3-4-6-17(8)7-10(18)16-13-15-9(2)11(20-13)12(14)19/h8H,3-7H2,1-2H3,(H2,14,19)(H,15,16,18). The van der Waals surface area contributed by atoms with Gasteiger partial charge in [-0.3, -0.25) is 14.5 Å². The van der Waals surface area contributed by atoms with E-state index in [1.165, 1.54) is 6.42 Å². The Labute approximate surface area is 122 Å². The SMILES string of the molecule is Cc1nc(NC(=O)CN2CCCCC2C)sc1C(N)=O. The number of rotatable bonds is 4. The molecule has 0 saturated carbocycles. The summed E-state index contributed by atoms with van der Waals surface area (Å²) in [4.78, 5) is 29.9. The van der Waals surface area contributed by atoms with E-state index in [0.717, 1.165) is 30.7 Å². The van der Waals surface area contributed by atoms with Gasteiger partial charge >= 0.3 is 0 Å². The summed E-state index contributed by atoms with van der Waals surface area (Å²) < 4.78 is 0. The number of nitrogens with one attached hydrogen (secondary N) is 1. The van der Waals surface area contributed by atoms with Gasteiger partial charge in [0.25, 0.3) is 5.91 Å². The van der Waals surface area contributed by atoms with E-state index in [0.29, 0.717) is 28.3 Å². The molecular formula is C13H20N4O2S. The third-order valence-corrected chi connectivity index (χ3v) is 4.64. The zero-order valence-corrected chi connectivity index (χ0v) is 12.6. The summed E-state index contributed by atoms with van der Waals surface area (Å²) in [6, 6.07) is 0.439. The molecular weight excluding hydrogens is 276 g/mol. The number of nitrogens with two attached hydrogens (primary N) is 1. The Balaban J connectivity index is 1.94. The van der Waals surface area contributed by atoms with Crippen molar-refractivity contribution >= 4 is 28.3 Å². The summed E-state index contributed by atoms with van der Waals surface area (Å²) in [5.74, 6) is -0.603. The molecule has 0 spiro atoms. The Kier molecular flexibility index (Phi) is 4.72. The zero-order valence-electron chi connectivity index (χ0n) is 11.8. The molecule has 0 aliphatic carbocycles. The fourth-order valence-electron chi connectivity index (χ4n) is 2.41. The van der Waals surface area contributed by atoms with Crippen LogP contribution in [0, 0.1) is 6.92 Å². The summed E-state index contributed by atoms with van der Waals surface area (Å²) in [5.41, 5.74) is 5.80. The summed E-state index contributed by atoms with van der Waals surface area (Å²) in [6.45, 7) is 5.17. The number of amides is 2. The van der Waals surface area contributed by atoms with Crippen molar-refractivity contribution in [2.24, 2.45) is 5.73 Å². The van der Waals surface area contributed by atoms with E-state index in [4.69, 9.17) is 5.73 Å². The van der Waals surface area contributed by atoms with E-state index in [1.54, 1.807) is 6.92 Å². The van der Waals surface area contributed by atoms with Gasteiger partial charge in [0.05, 0.1) is 12.2 Å². The minimum Gasteiger partial charge on any atom is -0.365 e. The van der Waals surface area contributed by atoms with Crippen molar-refractivity contribution in [3.05, 3.63) is 10.6 Å². The zero-order chi connectivity index (χ0) is 14.7. The molecule has 1 unspecified atom stereocenters. The smallest absolute Gasteiger partial charge is 0.260 e. The minimum atomic E-state index is -0.509. The van der Waals surface area contributed by atoms with Crippen LogP contribution in [0.5, 0.6) is 0 Å². The first kappa shape index (κ1) is 14.9. The van der Waals surface area contributed by atoms with Gasteiger partial charge in [0.2, 0.25) is 5.91 Å². The molecule has 3 N–H and O–H groups in total. The molecule has 1 aromatic heterocycles. The Hall–Kier alpha value is -1.47. The van der Waals surface area contributed by atoms with Gasteiger partial charge in [-0.2, -0.15) is 0 Å². The number of anilines is 1. The third-order valence-electron chi connectivity index (χ3n) is 3.55. The molecule has 0 radical (unpaired) electrons. The maximum absolute atomic E-state index is 12.0. The van der Waals surface area contributed by atoms with Crippen LogP contribution >= 0.6 is 11.3 Å². The molecule has 2 amide bonds. The first-order valence-electron chi connectivity index (χ1n) is 6.78. The average molecular weight is 296 g/mol. The van der Waals surface area contributed by atoms with Crippen LogP contribution in [0.25, 0.3) is 0 Å². The Bertz CT molecular complexity index is 514. The largest absolute Gasteiger partial charge is 0.365 e. The highest BCUT2D eigenvalue weighted by molar-refractivity contribution is 7.17. The van der Waals surface area contributed by atoms with Gasteiger partial charge in [-0.05, 0) is 33.2 Å². The first-order valence-corrected chi connectivity index (χ1v) is 7.60. The molecule has 0 aromatic carbocycles. The minimum absolute atomic E-state index is 0.0940. The number of carbonyl (C=O) groups excluding carboxylic acids is 2. The van der Waals surface area contributed by atoms with Crippen molar-refractivity contribution < 1.29 is 9.59 Å². The molecule has 1 atom stereocenters. The Morgan fingerprint density at radius 1 is 1.50 bits per heavy atom. The molecule has 6 nitrogen and oxygen atoms in total. The molecule has 1 fully saturated rings. The van der Waals surface area contributed by atoms with Crippen LogP contribution in [-0.2, 0) is 4.79 Å². The van der Waals surface area contributed by atoms with Gasteiger partial charge in [-0.25, -0.2) is 4.98 Å². The highest BCUT2D eigenvalue weighted by Crippen LogP contribution is 2.22. The lowest BCUT2D eigenvalue weighted by atomic mass is 10.0. The number of aryl methyl sites for hydroxylation is 1. The molecule has 2 heterocycles. The third kappa shape index (κ3) is 3.55. The number of hydrogen-bond acceptors (Lipinski definition) is 5. The van der Waals surface area contributed by atoms with Crippen molar-refractivity contribution in [1.29, 1.82) is 0 Å². The lowest BCUT2D eigenvalue weighted by Crippen LogP contribution is -2.42. The van der Waals surface area contributed by atoms with Crippen LogP contribution in [-0.4, -0.2) is 40.8 Å². The van der Waals surface area contributed by atoms with E-state index in [9.17, 15) is 9.59 Å². The number of piperidine rings is 1. The van der Waals surface area contributed by atoms with Gasteiger partial charge < -0.3 is 11.1 Å². The molecule has 110 valence electrons. The quantitative estimate of drug-likeness (QED) is 0.878. The van der Waals surface area contributed by atoms with Crippen LogP contribution in [0.4, 0.5) is 5.13 Å². The van der Waals surface area contributed by atoms with E-state index in [1.807, 2.05) is 0 Å². The highest BCUT2D eigenvalue weighted by atomic mass is 32.1. The molecule has 7 heteroatoms. The maximum atomic E-state index is 12.0. The molecule has 2 rings (SSSR count). The van der Waals surface area contributed by atoms with Gasteiger partial charge in [0.15, 0.2) is 5.13 Å². The number of nitrogens with zero attached hydrogens (tertiary/aromatic N) is 2. The number of thiazole rings is 1. The second-order valence-corrected chi connectivity index (χ2v) is 6.16. The fraction of sp³-hybridized carbons (Fsp3) is 0.615. The van der Waals surface area contributed by atoms with Crippen molar-refractivity contribution in [2.45, 2.75) is 39.2 Å². The Morgan fingerprint density at radius 2 is 2.25 bits per heavy atom. The highest BCUT2D eigenvalue weighted by Gasteiger charge is 2.21. The first-order chi connectivity index (χ1) is 9.47. The number of hydrogen-bond donors (Lipinski definition) is 2. The van der Waals surface area contributed by atoms with E-state index in [-0.39, 0.29) is 5.91 Å². The molecule has 1 aliphatic heterocycles. The summed E-state index contributed by atoms with van der Waals surface area (Å²) in [5, 5.41) is 3.18. The van der Waals surface area contributed by atoms with E-state index in [2.05, 4.69) is 22.1 Å². The van der Waals surface area contributed by atoms with Crippen LogP contribution in [0.3, 0.4) is 0 Å². The predicted molar refractivity (Wildman–Crippen MR) is 78.9 cm³/mol. The number of likely N-dealkylation sites (tertiary alicyclic amines) is 1. The van der Waals surface area contributed by atoms with Crippen LogP contribution < -0.4 is 11.1 Å². The van der Waals surface area contributed by atoms with Crippen LogP contribution in [0.1, 0.15) is 41.6 Å². The van der Waals surface area contributed by atoms with Gasteiger partial charge in [-0.1, -0.05) is 17.8 Å². The lowest BCUT2D eigenvalue weighted by Gasteiger charge is -2.32. The maximum Gasteiger partial charge on any atom is 0.260 e. The van der Waals surface area contributed by atoms with Crippen LogP contribution in [0.15, 0.2) is 0 Å². The van der Waals surface area contributed by atoms with Crippen molar-refractivity contribution in [1.82, 2.24) is 9.88 Å². The van der Waals surface area contributed by atoms with Gasteiger partial charge in [0.1, 0.15) is 4.88 Å². The summed E-state index contributed by atoms with van der Waals surface area (Å²) >= 11 is 1.12. The Morgan fingerprint density at radius 3 is 2.85 bits per heavy atom. The lowest BCUT2D eigenvalue weighted by molar-refractivity contribution is -0.118. The second kappa shape index (κ2) is 6.32. The van der Waals surface area contributed by atoms with E-state index >= 15 is 0 Å².